The molecule has 1 aromatic carbocycles. The van der Waals surface area contributed by atoms with Gasteiger partial charge >= 0.3 is 0 Å². The van der Waals surface area contributed by atoms with Crippen molar-refractivity contribution in [2.75, 3.05) is 13.2 Å². The molecule has 1 fully saturated rings. The number of fused-ring (bicyclic) bond motifs is 3. The number of hydrogen-bond donors (Lipinski definition) is 2. The lowest BCUT2D eigenvalue weighted by Crippen LogP contribution is -2.39. The zero-order chi connectivity index (χ0) is 17.2. The number of furan rings is 1. The molecule has 1 heterocycles. The Morgan fingerprint density at radius 3 is 2.84 bits per heavy atom. The van der Waals surface area contributed by atoms with Gasteiger partial charge in [0.1, 0.15) is 17.1 Å². The summed E-state index contributed by atoms with van der Waals surface area (Å²) in [6, 6.07) is 5.94. The maximum absolute atomic E-state index is 11.8. The van der Waals surface area contributed by atoms with Crippen molar-refractivity contribution in [1.29, 1.82) is 0 Å². The highest BCUT2D eigenvalue weighted by Crippen LogP contribution is 2.33. The molecule has 0 bridgehead atoms. The van der Waals surface area contributed by atoms with Crippen molar-refractivity contribution in [3.05, 3.63) is 29.5 Å². The lowest BCUT2D eigenvalue weighted by atomic mass is 9.96. The smallest absolute Gasteiger partial charge is 0.258 e. The summed E-state index contributed by atoms with van der Waals surface area (Å²) in [6.07, 6.45) is 6.43. The summed E-state index contributed by atoms with van der Waals surface area (Å²) in [6.45, 7) is -0.116. The molecule has 25 heavy (non-hydrogen) atoms. The number of rotatable bonds is 6. The minimum absolute atomic E-state index is 0.00698. The third kappa shape index (κ3) is 3.78. The Morgan fingerprint density at radius 1 is 1.16 bits per heavy atom. The Bertz CT molecular complexity index is 807. The van der Waals surface area contributed by atoms with E-state index in [1.807, 2.05) is 18.2 Å². The van der Waals surface area contributed by atoms with E-state index < -0.39 is 0 Å². The summed E-state index contributed by atoms with van der Waals surface area (Å²) in [5.74, 6) is 1.26. The van der Waals surface area contributed by atoms with Gasteiger partial charge in [-0.2, -0.15) is 0 Å². The molecule has 2 N–H and O–H groups in total. The SMILES string of the molecule is O=C(COc1ccc2oc3c(c2c1)CCCC3)NCC(=O)NC1CC1. The Hall–Kier alpha value is -2.50. The highest BCUT2D eigenvalue weighted by atomic mass is 16.5. The molecule has 1 aromatic heterocycles. The van der Waals surface area contributed by atoms with Crippen molar-refractivity contribution >= 4 is 22.8 Å². The standard InChI is InChI=1S/C19H22N2O4/c22-18(21-12-5-6-12)10-20-19(23)11-24-13-7-8-17-15(9-13)14-3-1-2-4-16(14)25-17/h7-9,12H,1-6,10-11H2,(H,20,23)(H,21,22). The number of ether oxygens (including phenoxy) is 1. The van der Waals surface area contributed by atoms with Crippen molar-refractivity contribution in [3.63, 3.8) is 0 Å². The largest absolute Gasteiger partial charge is 0.484 e. The minimum atomic E-state index is -0.305. The number of aryl methyl sites for hydroxylation is 2. The third-order valence-electron chi connectivity index (χ3n) is 4.69. The van der Waals surface area contributed by atoms with Crippen LogP contribution in [0.15, 0.2) is 22.6 Å². The first-order valence-corrected chi connectivity index (χ1v) is 8.92. The van der Waals surface area contributed by atoms with Gasteiger partial charge in [-0.15, -0.1) is 0 Å². The normalized spacial score (nSPS) is 16.3. The third-order valence-corrected chi connectivity index (χ3v) is 4.69. The lowest BCUT2D eigenvalue weighted by Gasteiger charge is -2.09. The van der Waals surface area contributed by atoms with Crippen LogP contribution in [0, 0.1) is 0 Å². The van der Waals surface area contributed by atoms with Crippen molar-refractivity contribution in [3.8, 4) is 5.75 Å². The van der Waals surface area contributed by atoms with Gasteiger partial charge in [-0.05, 0) is 50.3 Å². The van der Waals surface area contributed by atoms with Gasteiger partial charge in [0.05, 0.1) is 6.54 Å². The van der Waals surface area contributed by atoms with Crippen LogP contribution in [-0.4, -0.2) is 31.0 Å². The van der Waals surface area contributed by atoms with Gasteiger partial charge in [0.25, 0.3) is 5.91 Å². The summed E-state index contributed by atoms with van der Waals surface area (Å²) in [5, 5.41) is 6.48. The number of amides is 2. The molecule has 0 radical (unpaired) electrons. The Labute approximate surface area is 145 Å². The van der Waals surface area contributed by atoms with Crippen LogP contribution in [0.2, 0.25) is 0 Å². The molecule has 1 saturated carbocycles. The monoisotopic (exact) mass is 342 g/mol. The molecule has 0 spiro atoms. The van der Waals surface area contributed by atoms with Crippen LogP contribution in [-0.2, 0) is 22.4 Å². The first-order chi connectivity index (χ1) is 12.2. The van der Waals surface area contributed by atoms with Crippen LogP contribution in [0.4, 0.5) is 0 Å². The van der Waals surface area contributed by atoms with E-state index in [9.17, 15) is 9.59 Å². The quantitative estimate of drug-likeness (QED) is 0.842. The molecule has 6 heteroatoms. The summed E-state index contributed by atoms with van der Waals surface area (Å²) in [5.41, 5.74) is 2.15. The van der Waals surface area contributed by atoms with Crippen LogP contribution >= 0.6 is 0 Å². The van der Waals surface area contributed by atoms with E-state index in [4.69, 9.17) is 9.15 Å². The molecule has 2 aromatic rings. The molecule has 6 nitrogen and oxygen atoms in total. The van der Waals surface area contributed by atoms with Crippen molar-refractivity contribution in [2.24, 2.45) is 0 Å². The molecule has 2 amide bonds. The summed E-state index contributed by atoms with van der Waals surface area (Å²) in [4.78, 5) is 23.4. The number of carbonyl (C=O) groups is 2. The molecule has 0 saturated heterocycles. The number of carbonyl (C=O) groups excluding carboxylic acids is 2. The lowest BCUT2D eigenvalue weighted by molar-refractivity contribution is -0.127. The molecule has 2 aliphatic rings. The number of hydrogen-bond acceptors (Lipinski definition) is 4. The van der Waals surface area contributed by atoms with Crippen LogP contribution in [0.3, 0.4) is 0 Å². The van der Waals surface area contributed by atoms with Crippen LogP contribution in [0.25, 0.3) is 11.0 Å². The maximum Gasteiger partial charge on any atom is 0.258 e. The van der Waals surface area contributed by atoms with E-state index in [2.05, 4.69) is 10.6 Å². The molecule has 132 valence electrons. The fourth-order valence-electron chi connectivity index (χ4n) is 3.22. The first kappa shape index (κ1) is 16.0. The highest BCUT2D eigenvalue weighted by Gasteiger charge is 2.23. The zero-order valence-electron chi connectivity index (χ0n) is 14.1. The maximum atomic E-state index is 11.8. The molecular formula is C19H22N2O4. The Balaban J connectivity index is 1.32. The fraction of sp³-hybridized carbons (Fsp3) is 0.474. The van der Waals surface area contributed by atoms with Gasteiger partial charge < -0.3 is 19.8 Å². The van der Waals surface area contributed by atoms with E-state index in [-0.39, 0.29) is 25.0 Å². The number of benzene rings is 1. The van der Waals surface area contributed by atoms with Crippen molar-refractivity contribution in [2.45, 2.75) is 44.6 Å². The van der Waals surface area contributed by atoms with Gasteiger partial charge in [0, 0.05) is 23.4 Å². The van der Waals surface area contributed by atoms with Gasteiger partial charge in [-0.25, -0.2) is 0 Å². The molecule has 4 rings (SSSR count). The second-order valence-electron chi connectivity index (χ2n) is 6.78. The van der Waals surface area contributed by atoms with Crippen LogP contribution < -0.4 is 15.4 Å². The zero-order valence-corrected chi connectivity index (χ0v) is 14.1. The summed E-state index contributed by atoms with van der Waals surface area (Å²) >= 11 is 0. The molecule has 0 aliphatic heterocycles. The predicted molar refractivity (Wildman–Crippen MR) is 92.5 cm³/mol. The van der Waals surface area contributed by atoms with Crippen LogP contribution in [0.5, 0.6) is 5.75 Å². The minimum Gasteiger partial charge on any atom is -0.484 e. The van der Waals surface area contributed by atoms with E-state index in [0.29, 0.717) is 11.8 Å². The molecular weight excluding hydrogens is 320 g/mol. The second-order valence-corrected chi connectivity index (χ2v) is 6.78. The average molecular weight is 342 g/mol. The van der Waals surface area contributed by atoms with E-state index in [1.165, 1.54) is 18.4 Å². The van der Waals surface area contributed by atoms with Gasteiger partial charge in [-0.1, -0.05) is 0 Å². The van der Waals surface area contributed by atoms with Gasteiger partial charge in [-0.3, -0.25) is 9.59 Å². The predicted octanol–water partition coefficient (Wildman–Crippen LogP) is 2.09. The Morgan fingerprint density at radius 2 is 2.00 bits per heavy atom. The average Bonchev–Trinajstić information content (AvgIpc) is 3.36. The fourth-order valence-corrected chi connectivity index (χ4v) is 3.22. The molecule has 2 aliphatic carbocycles. The summed E-state index contributed by atoms with van der Waals surface area (Å²) < 4.78 is 11.5. The van der Waals surface area contributed by atoms with Gasteiger partial charge in [0.15, 0.2) is 6.61 Å². The first-order valence-electron chi connectivity index (χ1n) is 8.92. The van der Waals surface area contributed by atoms with E-state index >= 15 is 0 Å². The second kappa shape index (κ2) is 6.78. The highest BCUT2D eigenvalue weighted by molar-refractivity contribution is 5.86. The van der Waals surface area contributed by atoms with Gasteiger partial charge in [0.2, 0.25) is 5.91 Å². The summed E-state index contributed by atoms with van der Waals surface area (Å²) in [7, 11) is 0. The van der Waals surface area contributed by atoms with E-state index in [0.717, 1.165) is 42.4 Å². The van der Waals surface area contributed by atoms with Crippen molar-refractivity contribution in [1.82, 2.24) is 10.6 Å². The van der Waals surface area contributed by atoms with E-state index in [1.54, 1.807) is 0 Å². The topological polar surface area (TPSA) is 80.6 Å². The number of nitrogens with one attached hydrogen (secondary N) is 2. The molecule has 0 atom stereocenters. The Kier molecular flexibility index (Phi) is 4.34. The van der Waals surface area contributed by atoms with Crippen LogP contribution in [0.1, 0.15) is 37.0 Å². The van der Waals surface area contributed by atoms with Crippen molar-refractivity contribution < 1.29 is 18.7 Å². The molecule has 0 unspecified atom stereocenters.